The fourth-order valence-electron chi connectivity index (χ4n) is 2.87. The minimum atomic E-state index is -0.182. The van der Waals surface area contributed by atoms with Crippen molar-refractivity contribution in [3.8, 4) is 11.5 Å². The maximum Gasteiger partial charge on any atom is 0.256 e. The van der Waals surface area contributed by atoms with E-state index in [1.54, 1.807) is 12.1 Å². The molecule has 1 amide bonds. The summed E-state index contributed by atoms with van der Waals surface area (Å²) >= 11 is 6.10. The minimum Gasteiger partial charge on any atom is -0.495 e. The highest BCUT2D eigenvalue weighted by Gasteiger charge is 2.19. The molecule has 0 saturated carbocycles. The van der Waals surface area contributed by atoms with Crippen molar-refractivity contribution in [1.82, 2.24) is 0 Å². The Kier molecular flexibility index (Phi) is 4.81. The lowest BCUT2D eigenvalue weighted by Crippen LogP contribution is -2.19. The molecule has 1 aliphatic heterocycles. The van der Waals surface area contributed by atoms with E-state index in [-0.39, 0.29) is 5.91 Å². The van der Waals surface area contributed by atoms with Crippen LogP contribution >= 0.6 is 11.6 Å². The molecule has 0 aromatic heterocycles. The zero-order valence-electron chi connectivity index (χ0n) is 13.6. The van der Waals surface area contributed by atoms with Gasteiger partial charge >= 0.3 is 0 Å². The highest BCUT2D eigenvalue weighted by atomic mass is 35.5. The van der Waals surface area contributed by atoms with Gasteiger partial charge < -0.3 is 20.1 Å². The lowest BCUT2D eigenvalue weighted by atomic mass is 9.97. The summed E-state index contributed by atoms with van der Waals surface area (Å²) in [5, 5.41) is 6.65. The number of ether oxygens (including phenoxy) is 2. The van der Waals surface area contributed by atoms with Crippen LogP contribution in [0.15, 0.2) is 30.3 Å². The second-order valence-electron chi connectivity index (χ2n) is 5.50. The number of halogens is 1. The minimum absolute atomic E-state index is 0.182. The smallest absolute Gasteiger partial charge is 0.256 e. The molecular weight excluding hydrogens is 328 g/mol. The van der Waals surface area contributed by atoms with Gasteiger partial charge in [-0.2, -0.15) is 0 Å². The molecule has 2 aromatic carbocycles. The fraction of sp³-hybridized carbons (Fsp3) is 0.278. The zero-order chi connectivity index (χ0) is 17.1. The van der Waals surface area contributed by atoms with Crippen LogP contribution in [0.2, 0.25) is 5.02 Å². The van der Waals surface area contributed by atoms with Crippen LogP contribution in [0.4, 0.5) is 11.4 Å². The topological polar surface area (TPSA) is 59.6 Å². The Hall–Kier alpha value is -2.40. The van der Waals surface area contributed by atoms with Crippen molar-refractivity contribution in [2.45, 2.75) is 12.8 Å². The molecule has 5 nitrogen and oxygen atoms in total. The summed E-state index contributed by atoms with van der Waals surface area (Å²) in [5.74, 6) is 0.778. The Morgan fingerprint density at radius 1 is 1.21 bits per heavy atom. The third-order valence-electron chi connectivity index (χ3n) is 4.06. The van der Waals surface area contributed by atoms with E-state index in [1.165, 1.54) is 14.2 Å². The normalized spacial score (nSPS) is 12.8. The van der Waals surface area contributed by atoms with Gasteiger partial charge in [0, 0.05) is 29.9 Å². The van der Waals surface area contributed by atoms with Gasteiger partial charge in [0.05, 0.1) is 24.9 Å². The van der Waals surface area contributed by atoms with E-state index in [0.717, 1.165) is 30.6 Å². The number of fused-ring (bicyclic) bond motifs is 1. The molecule has 2 N–H and O–H groups in total. The number of carbonyl (C=O) groups excluding carboxylic acids is 1. The Bertz CT molecular complexity index is 777. The van der Waals surface area contributed by atoms with Gasteiger partial charge in [0.1, 0.15) is 11.5 Å². The van der Waals surface area contributed by atoms with Crippen molar-refractivity contribution in [3.05, 3.63) is 46.5 Å². The molecule has 24 heavy (non-hydrogen) atoms. The van der Waals surface area contributed by atoms with Gasteiger partial charge in [0.25, 0.3) is 5.91 Å². The van der Waals surface area contributed by atoms with Crippen LogP contribution in [0.3, 0.4) is 0 Å². The van der Waals surface area contributed by atoms with Crippen molar-refractivity contribution in [2.24, 2.45) is 0 Å². The molecule has 1 aliphatic rings. The van der Waals surface area contributed by atoms with Gasteiger partial charge in [-0.25, -0.2) is 0 Å². The monoisotopic (exact) mass is 346 g/mol. The van der Waals surface area contributed by atoms with Gasteiger partial charge in [-0.15, -0.1) is 0 Å². The number of amides is 1. The molecule has 2 aromatic rings. The lowest BCUT2D eigenvalue weighted by Gasteiger charge is -2.21. The second-order valence-corrected chi connectivity index (χ2v) is 5.91. The maximum atomic E-state index is 12.8. The average Bonchev–Trinajstić information content (AvgIpc) is 2.62. The summed E-state index contributed by atoms with van der Waals surface area (Å²) < 4.78 is 10.5. The molecule has 0 fully saturated rings. The SMILES string of the molecule is COc1cc(NC(=O)c2cccc3c2CCCN3)c(OC)cc1Cl. The van der Waals surface area contributed by atoms with E-state index in [4.69, 9.17) is 21.1 Å². The number of anilines is 2. The quantitative estimate of drug-likeness (QED) is 0.879. The largest absolute Gasteiger partial charge is 0.495 e. The Morgan fingerprint density at radius 3 is 2.75 bits per heavy atom. The van der Waals surface area contributed by atoms with Crippen LogP contribution in [0.5, 0.6) is 11.5 Å². The van der Waals surface area contributed by atoms with E-state index < -0.39 is 0 Å². The van der Waals surface area contributed by atoms with Crippen LogP contribution in [0.1, 0.15) is 22.3 Å². The number of rotatable bonds is 4. The first-order chi connectivity index (χ1) is 11.6. The molecule has 0 atom stereocenters. The molecule has 0 radical (unpaired) electrons. The number of methoxy groups -OCH3 is 2. The predicted octanol–water partition coefficient (Wildman–Crippen LogP) is 3.97. The Balaban J connectivity index is 1.93. The second kappa shape index (κ2) is 7.01. The summed E-state index contributed by atoms with van der Waals surface area (Å²) in [7, 11) is 3.06. The maximum absolute atomic E-state index is 12.8. The zero-order valence-corrected chi connectivity index (χ0v) is 14.4. The fourth-order valence-corrected chi connectivity index (χ4v) is 3.10. The van der Waals surface area contributed by atoms with Gasteiger partial charge in [0.2, 0.25) is 0 Å². The van der Waals surface area contributed by atoms with Crippen LogP contribution < -0.4 is 20.1 Å². The van der Waals surface area contributed by atoms with Crippen molar-refractivity contribution >= 4 is 28.9 Å². The first-order valence-corrected chi connectivity index (χ1v) is 8.10. The molecule has 0 aliphatic carbocycles. The summed E-state index contributed by atoms with van der Waals surface area (Å²) in [4.78, 5) is 12.8. The van der Waals surface area contributed by atoms with Crippen LogP contribution in [0.25, 0.3) is 0 Å². The van der Waals surface area contributed by atoms with Gasteiger partial charge in [-0.05, 0) is 30.5 Å². The molecule has 0 bridgehead atoms. The van der Waals surface area contributed by atoms with Crippen molar-refractivity contribution in [3.63, 3.8) is 0 Å². The van der Waals surface area contributed by atoms with Crippen molar-refractivity contribution < 1.29 is 14.3 Å². The van der Waals surface area contributed by atoms with E-state index in [9.17, 15) is 4.79 Å². The molecule has 0 saturated heterocycles. The van der Waals surface area contributed by atoms with Crippen molar-refractivity contribution in [1.29, 1.82) is 0 Å². The number of hydrogen-bond donors (Lipinski definition) is 2. The molecule has 3 rings (SSSR count). The first kappa shape index (κ1) is 16.5. The highest BCUT2D eigenvalue weighted by Crippen LogP contribution is 2.36. The Labute approximate surface area is 145 Å². The van der Waals surface area contributed by atoms with E-state index in [0.29, 0.717) is 27.8 Å². The number of hydrogen-bond acceptors (Lipinski definition) is 4. The van der Waals surface area contributed by atoms with Crippen LogP contribution in [0, 0.1) is 0 Å². The first-order valence-electron chi connectivity index (χ1n) is 7.72. The standard InChI is InChI=1S/C18H19ClN2O3/c1-23-16-10-15(17(24-2)9-13(16)19)21-18(22)12-5-3-7-14-11(12)6-4-8-20-14/h3,5,7,9-10,20H,4,6,8H2,1-2H3,(H,21,22). The summed E-state index contributed by atoms with van der Waals surface area (Å²) in [5.41, 5.74) is 3.25. The third-order valence-corrected chi connectivity index (χ3v) is 4.36. The number of nitrogens with one attached hydrogen (secondary N) is 2. The highest BCUT2D eigenvalue weighted by molar-refractivity contribution is 6.32. The number of carbonyl (C=O) groups is 1. The lowest BCUT2D eigenvalue weighted by molar-refractivity contribution is 0.102. The van der Waals surface area contributed by atoms with Gasteiger partial charge in [-0.1, -0.05) is 17.7 Å². The van der Waals surface area contributed by atoms with Crippen molar-refractivity contribution in [2.75, 3.05) is 31.4 Å². The van der Waals surface area contributed by atoms with E-state index >= 15 is 0 Å². The van der Waals surface area contributed by atoms with Crippen LogP contribution in [-0.2, 0) is 6.42 Å². The molecule has 6 heteroatoms. The molecule has 1 heterocycles. The predicted molar refractivity (Wildman–Crippen MR) is 95.8 cm³/mol. The van der Waals surface area contributed by atoms with Gasteiger partial charge in [-0.3, -0.25) is 4.79 Å². The summed E-state index contributed by atoms with van der Waals surface area (Å²) in [6.07, 6.45) is 1.89. The van der Waals surface area contributed by atoms with Crippen LogP contribution in [-0.4, -0.2) is 26.7 Å². The van der Waals surface area contributed by atoms with E-state index in [1.807, 2.05) is 18.2 Å². The summed E-state index contributed by atoms with van der Waals surface area (Å²) in [6, 6.07) is 8.99. The van der Waals surface area contributed by atoms with Gasteiger partial charge in [0.15, 0.2) is 0 Å². The average molecular weight is 347 g/mol. The molecular formula is C18H19ClN2O3. The molecule has 0 spiro atoms. The molecule has 126 valence electrons. The number of benzene rings is 2. The molecule has 0 unspecified atom stereocenters. The third kappa shape index (κ3) is 3.12. The van der Waals surface area contributed by atoms with E-state index in [2.05, 4.69) is 10.6 Å². The Morgan fingerprint density at radius 2 is 2.00 bits per heavy atom. The summed E-state index contributed by atoms with van der Waals surface area (Å²) in [6.45, 7) is 0.931.